The number of aromatic nitrogens is 2. The Hall–Kier alpha value is -3.65. The van der Waals surface area contributed by atoms with Crippen LogP contribution in [0.2, 0.25) is 5.02 Å². The number of likely N-dealkylation sites (N-methyl/N-ethyl adjacent to an activating group) is 1. The first-order valence-electron chi connectivity index (χ1n) is 10.8. The molecule has 0 radical (unpaired) electrons. The predicted molar refractivity (Wildman–Crippen MR) is 128 cm³/mol. The Morgan fingerprint density at radius 2 is 1.85 bits per heavy atom. The summed E-state index contributed by atoms with van der Waals surface area (Å²) < 4.78 is 6.64. The number of amides is 2. The smallest absolute Gasteiger partial charge is 0.408 e. The molecule has 2 atom stereocenters. The number of rotatable bonds is 6. The van der Waals surface area contributed by atoms with Crippen LogP contribution in [0.1, 0.15) is 47.6 Å². The highest BCUT2D eigenvalue weighted by Gasteiger charge is 2.59. The maximum Gasteiger partial charge on any atom is 0.408 e. The minimum atomic E-state index is -1.81. The fraction of sp³-hybridized carbons (Fsp3) is 0.280. The second kappa shape index (κ2) is 8.95. The van der Waals surface area contributed by atoms with Gasteiger partial charge in [-0.25, -0.2) is 9.78 Å². The second-order valence-electron chi connectivity index (χ2n) is 8.41. The van der Waals surface area contributed by atoms with Gasteiger partial charge < -0.3 is 19.5 Å². The summed E-state index contributed by atoms with van der Waals surface area (Å²) in [6.45, 7) is 3.87. The minimum Gasteiger partial charge on any atom is -0.453 e. The third kappa shape index (κ3) is 3.64. The number of alkyl carbamates (subject to hydrolysis) is 1. The Bertz CT molecular complexity index is 1260. The van der Waals surface area contributed by atoms with Gasteiger partial charge in [-0.2, -0.15) is 0 Å². The number of hydrogen-bond donors (Lipinski definition) is 1. The van der Waals surface area contributed by atoms with Crippen LogP contribution in [0.5, 0.6) is 0 Å². The van der Waals surface area contributed by atoms with Crippen molar-refractivity contribution in [2.45, 2.75) is 31.3 Å². The van der Waals surface area contributed by atoms with Crippen LogP contribution < -0.4 is 10.2 Å². The van der Waals surface area contributed by atoms with Gasteiger partial charge in [-0.3, -0.25) is 9.59 Å². The van der Waals surface area contributed by atoms with Gasteiger partial charge in [-0.05, 0) is 37.6 Å². The van der Waals surface area contributed by atoms with Crippen molar-refractivity contribution < 1.29 is 19.1 Å². The van der Waals surface area contributed by atoms with E-state index in [-0.39, 0.29) is 11.9 Å². The number of nitrogens with one attached hydrogen (secondary N) is 1. The molecule has 0 saturated carbocycles. The Labute approximate surface area is 202 Å². The lowest BCUT2D eigenvalue weighted by atomic mass is 9.72. The highest BCUT2D eigenvalue weighted by molar-refractivity contribution is 6.31. The zero-order valence-corrected chi connectivity index (χ0v) is 20.0. The zero-order chi connectivity index (χ0) is 24.6. The molecule has 0 bridgehead atoms. The Morgan fingerprint density at radius 1 is 1.15 bits per heavy atom. The van der Waals surface area contributed by atoms with E-state index < -0.39 is 29.2 Å². The SMILES string of the molecule is COC(=O)N[C@@]1([C@H](C(=O)c2nccn2C(C)C)c2ccccc2)C(=O)N(C)c2ccc(Cl)cc21. The maximum atomic E-state index is 14.3. The molecule has 4 rings (SSSR count). The van der Waals surface area contributed by atoms with Crippen LogP contribution in [0.25, 0.3) is 0 Å². The summed E-state index contributed by atoms with van der Waals surface area (Å²) in [5, 5.41) is 3.09. The number of hydrogen-bond acceptors (Lipinski definition) is 5. The summed E-state index contributed by atoms with van der Waals surface area (Å²) in [5.74, 6) is -1.88. The lowest BCUT2D eigenvalue weighted by molar-refractivity contribution is -0.124. The fourth-order valence-electron chi connectivity index (χ4n) is 4.58. The first-order chi connectivity index (χ1) is 16.2. The van der Waals surface area contributed by atoms with Gasteiger partial charge in [0, 0.05) is 41.8 Å². The van der Waals surface area contributed by atoms with E-state index >= 15 is 0 Å². The van der Waals surface area contributed by atoms with Crippen LogP contribution in [0, 0.1) is 0 Å². The highest BCUT2D eigenvalue weighted by atomic mass is 35.5. The summed E-state index contributed by atoms with van der Waals surface area (Å²) in [6, 6.07) is 13.8. The van der Waals surface area contributed by atoms with Gasteiger partial charge in [0.15, 0.2) is 11.4 Å². The topological polar surface area (TPSA) is 93.5 Å². The molecule has 9 heteroatoms. The third-order valence-electron chi connectivity index (χ3n) is 6.14. The number of carbonyl (C=O) groups is 3. The van der Waals surface area contributed by atoms with Gasteiger partial charge >= 0.3 is 6.09 Å². The van der Waals surface area contributed by atoms with Crippen molar-refractivity contribution in [2.75, 3.05) is 19.1 Å². The standard InChI is InChI=1S/C25H25ClN4O4/c1-15(2)30-13-12-27-22(30)21(31)20(16-8-6-5-7-9-16)25(28-24(33)34-4)18-14-17(26)10-11-19(18)29(3)23(25)32/h5-15,20H,1-4H3,(H,28,33)/t20-,25-/m0/s1. The number of Topliss-reactive ketones (excluding diaryl/α,β-unsaturated/α-hetero) is 1. The van der Waals surface area contributed by atoms with Crippen molar-refractivity contribution in [1.82, 2.24) is 14.9 Å². The summed E-state index contributed by atoms with van der Waals surface area (Å²) in [5.41, 5.74) is -0.333. The number of benzene rings is 2. The monoisotopic (exact) mass is 480 g/mol. The lowest BCUT2D eigenvalue weighted by Gasteiger charge is -2.36. The molecule has 1 aromatic heterocycles. The lowest BCUT2D eigenvalue weighted by Crippen LogP contribution is -2.58. The van der Waals surface area contributed by atoms with Crippen molar-refractivity contribution in [3.05, 3.63) is 82.9 Å². The van der Waals surface area contributed by atoms with Crippen molar-refractivity contribution in [1.29, 1.82) is 0 Å². The van der Waals surface area contributed by atoms with Gasteiger partial charge in [0.1, 0.15) is 0 Å². The summed E-state index contributed by atoms with van der Waals surface area (Å²) in [4.78, 5) is 46.7. The molecule has 176 valence electrons. The van der Waals surface area contributed by atoms with E-state index in [9.17, 15) is 14.4 Å². The van der Waals surface area contributed by atoms with E-state index in [0.717, 1.165) is 0 Å². The van der Waals surface area contributed by atoms with Gasteiger partial charge in [-0.15, -0.1) is 0 Å². The zero-order valence-electron chi connectivity index (χ0n) is 19.3. The molecule has 0 saturated heterocycles. The number of ketones is 1. The van der Waals surface area contributed by atoms with Crippen molar-refractivity contribution in [3.8, 4) is 0 Å². The fourth-order valence-corrected chi connectivity index (χ4v) is 4.75. The van der Waals surface area contributed by atoms with Crippen molar-refractivity contribution in [3.63, 3.8) is 0 Å². The Balaban J connectivity index is 2.05. The van der Waals surface area contributed by atoms with Crippen molar-refractivity contribution in [2.24, 2.45) is 0 Å². The van der Waals surface area contributed by atoms with E-state index in [2.05, 4.69) is 10.3 Å². The molecule has 1 aliphatic heterocycles. The summed E-state index contributed by atoms with van der Waals surface area (Å²) >= 11 is 6.34. The highest BCUT2D eigenvalue weighted by Crippen LogP contribution is 2.49. The number of halogens is 1. The second-order valence-corrected chi connectivity index (χ2v) is 8.85. The van der Waals surface area contributed by atoms with Crippen LogP contribution >= 0.6 is 11.6 Å². The predicted octanol–water partition coefficient (Wildman–Crippen LogP) is 4.31. The molecular weight excluding hydrogens is 456 g/mol. The van der Waals surface area contributed by atoms with Gasteiger partial charge in [0.25, 0.3) is 5.91 Å². The molecule has 2 aromatic carbocycles. The molecule has 8 nitrogen and oxygen atoms in total. The van der Waals surface area contributed by atoms with Crippen LogP contribution in [-0.4, -0.2) is 41.5 Å². The van der Waals surface area contributed by atoms with E-state index in [4.69, 9.17) is 16.3 Å². The molecule has 2 heterocycles. The Kier molecular flexibility index (Phi) is 6.18. The first-order valence-corrected chi connectivity index (χ1v) is 11.2. The van der Waals surface area contributed by atoms with Gasteiger partial charge in [0.2, 0.25) is 5.78 Å². The van der Waals surface area contributed by atoms with Crippen LogP contribution in [0.15, 0.2) is 60.9 Å². The third-order valence-corrected chi connectivity index (χ3v) is 6.38. The first kappa shape index (κ1) is 23.5. The molecule has 0 spiro atoms. The van der Waals surface area contributed by atoms with Gasteiger partial charge in [-0.1, -0.05) is 41.9 Å². The number of methoxy groups -OCH3 is 1. The number of nitrogens with zero attached hydrogens (tertiary/aromatic N) is 3. The van der Waals surface area contributed by atoms with E-state index in [1.807, 2.05) is 19.9 Å². The van der Waals surface area contributed by atoms with Gasteiger partial charge in [0.05, 0.1) is 13.0 Å². The quantitative estimate of drug-likeness (QED) is 0.530. The molecule has 3 aromatic rings. The molecule has 34 heavy (non-hydrogen) atoms. The van der Waals surface area contributed by atoms with Crippen LogP contribution in [0.4, 0.5) is 10.5 Å². The van der Waals surface area contributed by atoms with E-state index in [1.54, 1.807) is 66.5 Å². The number of carbonyl (C=O) groups excluding carboxylic acids is 3. The summed E-state index contributed by atoms with van der Waals surface area (Å²) in [6.07, 6.45) is 2.41. The molecular formula is C25H25ClN4O4. The average molecular weight is 481 g/mol. The van der Waals surface area contributed by atoms with Crippen LogP contribution in [-0.2, 0) is 15.1 Å². The Morgan fingerprint density at radius 3 is 2.50 bits per heavy atom. The number of anilines is 1. The summed E-state index contributed by atoms with van der Waals surface area (Å²) in [7, 11) is 2.80. The van der Waals surface area contributed by atoms with E-state index in [1.165, 1.54) is 12.0 Å². The number of imidazole rings is 1. The minimum absolute atomic E-state index is 0.0499. The van der Waals surface area contributed by atoms with E-state index in [0.29, 0.717) is 21.8 Å². The normalized spacial score (nSPS) is 18.1. The number of fused-ring (bicyclic) bond motifs is 1. The molecule has 1 aliphatic rings. The molecule has 0 fully saturated rings. The molecule has 0 unspecified atom stereocenters. The average Bonchev–Trinajstić information content (AvgIpc) is 3.39. The van der Waals surface area contributed by atoms with Crippen molar-refractivity contribution >= 4 is 35.1 Å². The molecule has 0 aliphatic carbocycles. The molecule has 2 amide bonds. The number of ether oxygens (including phenoxy) is 1. The van der Waals surface area contributed by atoms with Crippen LogP contribution in [0.3, 0.4) is 0 Å². The molecule has 1 N–H and O–H groups in total. The maximum absolute atomic E-state index is 14.3. The largest absolute Gasteiger partial charge is 0.453 e.